The van der Waals surface area contributed by atoms with E-state index < -0.39 is 0 Å². The van der Waals surface area contributed by atoms with E-state index in [0.717, 1.165) is 23.2 Å². The summed E-state index contributed by atoms with van der Waals surface area (Å²) in [6.45, 7) is 0.258. The third kappa shape index (κ3) is 4.01. The minimum absolute atomic E-state index is 0.298. The number of para-hydroxylation sites is 1. The van der Waals surface area contributed by atoms with Gasteiger partial charge in [-0.3, -0.25) is 9.40 Å². The zero-order valence-corrected chi connectivity index (χ0v) is 13.7. The minimum Gasteiger partial charge on any atom is -0.273 e. The van der Waals surface area contributed by atoms with Crippen LogP contribution in [0.2, 0.25) is 0 Å². The predicted molar refractivity (Wildman–Crippen MR) is 93.5 cm³/mol. The number of aryl methyl sites for hydroxylation is 1. The van der Waals surface area contributed by atoms with Crippen molar-refractivity contribution in [2.45, 2.75) is 19.4 Å². The van der Waals surface area contributed by atoms with E-state index in [9.17, 15) is 9.65 Å². The van der Waals surface area contributed by atoms with Gasteiger partial charge in [-0.15, -0.1) is 10.2 Å². The number of anilines is 1. The Labute approximate surface area is 145 Å². The van der Waals surface area contributed by atoms with Gasteiger partial charge in [-0.25, -0.2) is 4.68 Å². The van der Waals surface area contributed by atoms with Gasteiger partial charge in [-0.05, 0) is 36.1 Å². The number of halogens is 1. The van der Waals surface area contributed by atoms with E-state index in [1.807, 2.05) is 47.5 Å². The zero-order valence-electron chi connectivity index (χ0n) is 13.7. The van der Waals surface area contributed by atoms with Gasteiger partial charge in [-0.2, -0.15) is 5.26 Å². The second-order valence-electron chi connectivity index (χ2n) is 5.64. The lowest BCUT2D eigenvalue weighted by Gasteiger charge is -2.26. The Morgan fingerprint density at radius 1 is 1.00 bits per heavy atom. The smallest absolute Gasteiger partial charge is 0.139 e. The fraction of sp³-hybridized carbons (Fsp3) is 0.211. The molecule has 0 aliphatic rings. The second kappa shape index (κ2) is 8.06. The predicted octanol–water partition coefficient (Wildman–Crippen LogP) is 3.52. The lowest BCUT2D eigenvalue weighted by molar-refractivity contribution is 0.473. The molecule has 0 aliphatic heterocycles. The van der Waals surface area contributed by atoms with E-state index in [-0.39, 0.29) is 6.67 Å². The van der Waals surface area contributed by atoms with Crippen molar-refractivity contribution in [2.24, 2.45) is 0 Å². The molecular weight excluding hydrogens is 317 g/mol. The largest absolute Gasteiger partial charge is 0.273 e. The van der Waals surface area contributed by atoms with Gasteiger partial charge in [-0.1, -0.05) is 36.4 Å². The highest BCUT2D eigenvalue weighted by atomic mass is 19.1. The molecule has 0 radical (unpaired) electrons. The first-order valence-corrected chi connectivity index (χ1v) is 8.07. The molecule has 1 heterocycles. The summed E-state index contributed by atoms with van der Waals surface area (Å²) >= 11 is 0. The van der Waals surface area contributed by atoms with Crippen molar-refractivity contribution in [2.75, 3.05) is 11.7 Å². The van der Waals surface area contributed by atoms with E-state index in [2.05, 4.69) is 16.3 Å². The van der Waals surface area contributed by atoms with E-state index >= 15 is 0 Å². The van der Waals surface area contributed by atoms with Crippen molar-refractivity contribution in [3.8, 4) is 6.07 Å². The molecule has 25 heavy (non-hydrogen) atoms. The maximum Gasteiger partial charge on any atom is 0.139 e. The van der Waals surface area contributed by atoms with E-state index in [1.54, 1.807) is 23.4 Å². The summed E-state index contributed by atoms with van der Waals surface area (Å²) in [5.74, 6) is 0. The van der Waals surface area contributed by atoms with Crippen molar-refractivity contribution >= 4 is 5.69 Å². The molecule has 1 aromatic heterocycles. The van der Waals surface area contributed by atoms with Gasteiger partial charge in [0.15, 0.2) is 0 Å². The molecule has 0 saturated heterocycles. The van der Waals surface area contributed by atoms with Crippen molar-refractivity contribution in [1.29, 1.82) is 5.26 Å². The van der Waals surface area contributed by atoms with E-state index in [0.29, 0.717) is 18.5 Å². The summed E-state index contributed by atoms with van der Waals surface area (Å²) < 4.78 is 14.1. The molecule has 0 aliphatic carbocycles. The van der Waals surface area contributed by atoms with Crippen LogP contribution in [0.25, 0.3) is 0 Å². The van der Waals surface area contributed by atoms with Crippen LogP contribution in [0.5, 0.6) is 0 Å². The Morgan fingerprint density at radius 3 is 2.36 bits per heavy atom. The number of alkyl halides is 1. The second-order valence-corrected chi connectivity index (χ2v) is 5.64. The van der Waals surface area contributed by atoms with E-state index in [4.69, 9.17) is 0 Å². The highest BCUT2D eigenvalue weighted by Crippen LogP contribution is 2.22. The molecule has 6 heteroatoms. The van der Waals surface area contributed by atoms with Gasteiger partial charge in [0.05, 0.1) is 24.5 Å². The van der Waals surface area contributed by atoms with E-state index in [1.165, 1.54) is 0 Å². The maximum absolute atomic E-state index is 12.3. The molecule has 126 valence electrons. The minimum atomic E-state index is -0.298. The van der Waals surface area contributed by atoms with Crippen LogP contribution in [0.15, 0.2) is 61.2 Å². The van der Waals surface area contributed by atoms with Crippen LogP contribution >= 0.6 is 0 Å². The lowest BCUT2D eigenvalue weighted by atomic mass is 10.1. The van der Waals surface area contributed by atoms with Crippen LogP contribution in [-0.4, -0.2) is 21.5 Å². The van der Waals surface area contributed by atoms with Gasteiger partial charge < -0.3 is 0 Å². The maximum atomic E-state index is 12.3. The third-order valence-corrected chi connectivity index (χ3v) is 3.94. The molecule has 0 fully saturated rings. The van der Waals surface area contributed by atoms with Crippen LogP contribution in [0, 0.1) is 11.3 Å². The molecule has 3 aromatic rings. The number of hydrogen-bond donors (Lipinski definition) is 0. The van der Waals surface area contributed by atoms with Crippen molar-refractivity contribution in [3.05, 3.63) is 77.9 Å². The Morgan fingerprint density at radius 2 is 1.68 bits per heavy atom. The first-order valence-electron chi connectivity index (χ1n) is 8.07. The van der Waals surface area contributed by atoms with Crippen LogP contribution < -0.4 is 5.01 Å². The van der Waals surface area contributed by atoms with Gasteiger partial charge in [0, 0.05) is 0 Å². The van der Waals surface area contributed by atoms with Crippen molar-refractivity contribution in [1.82, 2.24) is 14.9 Å². The molecule has 0 atom stereocenters. The van der Waals surface area contributed by atoms with Crippen LogP contribution in [0.1, 0.15) is 23.1 Å². The summed E-state index contributed by atoms with van der Waals surface area (Å²) in [5.41, 5.74) is 3.56. The first-order chi connectivity index (χ1) is 12.3. The summed E-state index contributed by atoms with van der Waals surface area (Å²) in [6, 6.07) is 17.7. The molecule has 0 N–H and O–H groups in total. The number of hydrogen-bond acceptors (Lipinski definition) is 4. The summed E-state index contributed by atoms with van der Waals surface area (Å²) in [6.07, 6.45) is 4.48. The normalized spacial score (nSPS) is 10.4. The standard InChI is InChI=1S/C19H18FN5/c20-11-3-4-16-7-9-17(10-8-16)13-25(24-14-22-23-15-24)19-6-2-1-5-18(19)12-21/h1-2,5-10,14-15H,3-4,11,13H2. The fourth-order valence-electron chi connectivity index (χ4n) is 2.66. The molecule has 0 spiro atoms. The monoisotopic (exact) mass is 335 g/mol. The van der Waals surface area contributed by atoms with Gasteiger partial charge in [0.1, 0.15) is 18.7 Å². The van der Waals surface area contributed by atoms with Gasteiger partial charge in [0.25, 0.3) is 0 Å². The Kier molecular flexibility index (Phi) is 5.37. The number of nitriles is 1. The zero-order chi connectivity index (χ0) is 17.5. The average molecular weight is 335 g/mol. The van der Waals surface area contributed by atoms with Crippen LogP contribution in [0.4, 0.5) is 10.1 Å². The van der Waals surface area contributed by atoms with Crippen molar-refractivity contribution < 1.29 is 4.39 Å². The molecule has 0 unspecified atom stereocenters. The molecule has 3 rings (SSSR count). The third-order valence-electron chi connectivity index (χ3n) is 3.94. The lowest BCUT2D eigenvalue weighted by Crippen LogP contribution is -2.28. The molecule has 5 nitrogen and oxygen atoms in total. The Hall–Kier alpha value is -3.20. The van der Waals surface area contributed by atoms with Gasteiger partial charge in [0.2, 0.25) is 0 Å². The number of rotatable bonds is 7. The molecule has 0 amide bonds. The topological polar surface area (TPSA) is 57.7 Å². The molecule has 0 bridgehead atoms. The SMILES string of the molecule is N#Cc1ccccc1N(Cc1ccc(CCCF)cc1)n1cnnc1. The Bertz CT molecular complexity index is 837. The number of aromatic nitrogens is 3. The fourth-order valence-corrected chi connectivity index (χ4v) is 2.66. The average Bonchev–Trinajstić information content (AvgIpc) is 3.20. The highest BCUT2D eigenvalue weighted by Gasteiger charge is 2.13. The molecule has 2 aromatic carbocycles. The number of nitrogens with zero attached hydrogens (tertiary/aromatic N) is 5. The quantitative estimate of drug-likeness (QED) is 0.663. The summed E-state index contributed by atoms with van der Waals surface area (Å²) in [4.78, 5) is 0. The van der Waals surface area contributed by atoms with Crippen LogP contribution in [-0.2, 0) is 13.0 Å². The molecular formula is C19H18FN5. The van der Waals surface area contributed by atoms with Crippen molar-refractivity contribution in [3.63, 3.8) is 0 Å². The molecule has 0 saturated carbocycles. The van der Waals surface area contributed by atoms with Gasteiger partial charge >= 0.3 is 0 Å². The first kappa shape index (κ1) is 16.7. The summed E-state index contributed by atoms with van der Waals surface area (Å²) in [5, 5.41) is 19.1. The summed E-state index contributed by atoms with van der Waals surface area (Å²) in [7, 11) is 0. The highest BCUT2D eigenvalue weighted by molar-refractivity contribution is 5.59. The number of benzene rings is 2. The Balaban J connectivity index is 1.88. The van der Waals surface area contributed by atoms with Crippen LogP contribution in [0.3, 0.4) is 0 Å².